The lowest BCUT2D eigenvalue weighted by molar-refractivity contribution is -0.139. The molecule has 1 aliphatic carbocycles. The lowest BCUT2D eigenvalue weighted by Gasteiger charge is -2.16. The maximum Gasteiger partial charge on any atom is 0.387 e. The van der Waals surface area contributed by atoms with E-state index >= 15 is 0 Å². The highest BCUT2D eigenvalue weighted by atomic mass is 19.3. The molecule has 0 spiro atoms. The van der Waals surface area contributed by atoms with Crippen molar-refractivity contribution >= 4 is 17.5 Å². The number of aliphatic carboxylic acids is 1. The fourth-order valence-electron chi connectivity index (χ4n) is 3.21. The number of nitrogens with one attached hydrogen (secondary N) is 1. The highest BCUT2D eigenvalue weighted by Crippen LogP contribution is 2.37. The Bertz CT molecular complexity index is 1180. The molecule has 2 N–H and O–H groups in total. The molecule has 1 aliphatic rings. The number of hydrogen-bond acceptors (Lipinski definition) is 6. The zero-order chi connectivity index (χ0) is 22.8. The Morgan fingerprint density at radius 2 is 2.03 bits per heavy atom. The third kappa shape index (κ3) is 4.56. The number of hydrogen-bond donors (Lipinski definition) is 2. The van der Waals surface area contributed by atoms with Crippen LogP contribution in [0.2, 0.25) is 0 Å². The first kappa shape index (κ1) is 21.3. The van der Waals surface area contributed by atoms with Crippen molar-refractivity contribution in [1.82, 2.24) is 14.7 Å². The highest BCUT2D eigenvalue weighted by Gasteiger charge is 2.29. The number of carbonyl (C=O) groups excluding carboxylic acids is 1. The minimum absolute atomic E-state index is 0.0163. The van der Waals surface area contributed by atoms with Crippen LogP contribution < -0.4 is 19.5 Å². The smallest absolute Gasteiger partial charge is 0.387 e. The van der Waals surface area contributed by atoms with Crippen LogP contribution in [0.5, 0.6) is 17.2 Å². The van der Waals surface area contributed by atoms with E-state index in [4.69, 9.17) is 14.6 Å². The van der Waals surface area contributed by atoms with E-state index in [1.165, 1.54) is 25.4 Å². The van der Waals surface area contributed by atoms with E-state index in [9.17, 15) is 18.4 Å². The van der Waals surface area contributed by atoms with Gasteiger partial charge in [0.05, 0.1) is 19.0 Å². The zero-order valence-corrected chi connectivity index (χ0v) is 16.9. The van der Waals surface area contributed by atoms with E-state index in [1.54, 1.807) is 22.7 Å². The Morgan fingerprint density at radius 1 is 1.28 bits per heavy atom. The lowest BCUT2D eigenvalue weighted by atomic mass is 10.1. The van der Waals surface area contributed by atoms with Gasteiger partial charge in [-0.1, -0.05) is 0 Å². The Morgan fingerprint density at radius 3 is 2.69 bits per heavy atom. The quantitative estimate of drug-likeness (QED) is 0.519. The second kappa shape index (κ2) is 8.69. The van der Waals surface area contributed by atoms with Crippen molar-refractivity contribution in [2.75, 3.05) is 13.7 Å². The summed E-state index contributed by atoms with van der Waals surface area (Å²) in [6, 6.07) is 5.97. The molecule has 0 bridgehead atoms. The molecule has 2 heterocycles. The number of imidazole rings is 1. The van der Waals surface area contributed by atoms with Crippen molar-refractivity contribution in [3.05, 3.63) is 42.2 Å². The molecule has 3 aromatic rings. The first-order valence-corrected chi connectivity index (χ1v) is 9.65. The summed E-state index contributed by atoms with van der Waals surface area (Å²) in [5.74, 6) is -1.59. The highest BCUT2D eigenvalue weighted by molar-refractivity contribution is 6.01. The van der Waals surface area contributed by atoms with Crippen molar-refractivity contribution in [2.24, 2.45) is 0 Å². The zero-order valence-electron chi connectivity index (χ0n) is 16.9. The topological polar surface area (TPSA) is 111 Å². The van der Waals surface area contributed by atoms with Crippen LogP contribution in [0.15, 0.2) is 36.7 Å². The van der Waals surface area contributed by atoms with Gasteiger partial charge in [-0.2, -0.15) is 8.78 Å². The van der Waals surface area contributed by atoms with Gasteiger partial charge in [0, 0.05) is 23.9 Å². The lowest BCUT2D eigenvalue weighted by Crippen LogP contribution is -2.26. The Kier molecular flexibility index (Phi) is 5.80. The van der Waals surface area contributed by atoms with Crippen LogP contribution in [0.25, 0.3) is 16.9 Å². The van der Waals surface area contributed by atoms with Crippen LogP contribution in [0, 0.1) is 0 Å². The number of aromatic nitrogens is 2. The van der Waals surface area contributed by atoms with Crippen LogP contribution in [0.1, 0.15) is 23.2 Å². The van der Waals surface area contributed by atoms with Gasteiger partial charge < -0.3 is 24.6 Å². The Balaban J connectivity index is 1.74. The number of carbonyl (C=O) groups is 2. The summed E-state index contributed by atoms with van der Waals surface area (Å²) in [6.45, 7) is -3.64. The summed E-state index contributed by atoms with van der Waals surface area (Å²) in [7, 11) is 1.33. The van der Waals surface area contributed by atoms with Gasteiger partial charge in [0.15, 0.2) is 6.61 Å². The largest absolute Gasteiger partial charge is 0.496 e. The molecule has 0 unspecified atom stereocenters. The molecule has 9 nitrogen and oxygen atoms in total. The first-order valence-electron chi connectivity index (χ1n) is 9.65. The number of benzene rings is 1. The molecule has 1 aromatic carbocycles. The molecule has 32 heavy (non-hydrogen) atoms. The maximum atomic E-state index is 13.1. The molecular weight excluding hydrogens is 428 g/mol. The van der Waals surface area contributed by atoms with Crippen LogP contribution in [-0.4, -0.2) is 52.7 Å². The van der Waals surface area contributed by atoms with E-state index in [2.05, 4.69) is 15.0 Å². The predicted molar refractivity (Wildman–Crippen MR) is 107 cm³/mol. The number of halogens is 2. The van der Waals surface area contributed by atoms with Gasteiger partial charge in [-0.3, -0.25) is 9.20 Å². The van der Waals surface area contributed by atoms with Crippen molar-refractivity contribution in [1.29, 1.82) is 0 Å². The van der Waals surface area contributed by atoms with Gasteiger partial charge >= 0.3 is 12.6 Å². The standard InChI is InChI=1S/C21H19F2N3O6/c1-30-15-6-11(7-16(32-21(22)23)19(15)20(29)25-12-2-3-12)14-9-24-17-8-13(4-5-26(14)17)31-10-18(27)28/h4-9,12,21H,2-3,10H2,1H3,(H,25,29)(H,27,28). The molecule has 2 aromatic heterocycles. The number of fused-ring (bicyclic) bond motifs is 1. The van der Waals surface area contributed by atoms with Crippen molar-refractivity contribution in [2.45, 2.75) is 25.5 Å². The molecule has 11 heteroatoms. The SMILES string of the molecule is COc1cc(-c2cnc3cc(OCC(=O)O)ccn23)cc(OC(F)F)c1C(=O)NC1CC1. The predicted octanol–water partition coefficient (Wildman–Crippen LogP) is 2.97. The van der Waals surface area contributed by atoms with E-state index in [1.807, 2.05) is 0 Å². The number of carboxylic acids is 1. The first-order chi connectivity index (χ1) is 15.4. The molecular formula is C21H19F2N3O6. The average Bonchev–Trinajstić information content (AvgIpc) is 3.46. The number of pyridine rings is 1. The number of nitrogens with zero attached hydrogens (tertiary/aromatic N) is 2. The van der Waals surface area contributed by atoms with Crippen LogP contribution in [0.4, 0.5) is 8.78 Å². The molecule has 4 rings (SSSR count). The van der Waals surface area contributed by atoms with Gasteiger partial charge in [0.25, 0.3) is 5.91 Å². The molecule has 1 fully saturated rings. The summed E-state index contributed by atoms with van der Waals surface area (Å²) in [5, 5.41) is 11.5. The molecule has 0 aliphatic heterocycles. The molecule has 0 saturated heterocycles. The number of carboxylic acid groups (broad SMARTS) is 1. The molecule has 0 atom stereocenters. The Labute approximate surface area is 180 Å². The van der Waals surface area contributed by atoms with Gasteiger partial charge in [0.2, 0.25) is 0 Å². The summed E-state index contributed by atoms with van der Waals surface area (Å²) in [6.07, 6.45) is 4.76. The third-order valence-corrected chi connectivity index (χ3v) is 4.78. The van der Waals surface area contributed by atoms with E-state index in [-0.39, 0.29) is 23.1 Å². The summed E-state index contributed by atoms with van der Waals surface area (Å²) in [4.78, 5) is 27.6. The number of rotatable bonds is 9. The van der Waals surface area contributed by atoms with Crippen LogP contribution in [0.3, 0.4) is 0 Å². The number of ether oxygens (including phenoxy) is 3. The number of amides is 1. The van der Waals surface area contributed by atoms with Gasteiger partial charge in [-0.25, -0.2) is 9.78 Å². The van der Waals surface area contributed by atoms with Crippen LogP contribution >= 0.6 is 0 Å². The molecule has 1 saturated carbocycles. The van der Waals surface area contributed by atoms with E-state index in [0.717, 1.165) is 12.8 Å². The Hall–Kier alpha value is -3.89. The van der Waals surface area contributed by atoms with Crippen molar-refractivity contribution < 1.29 is 37.7 Å². The number of alkyl halides is 2. The molecule has 0 radical (unpaired) electrons. The number of methoxy groups -OCH3 is 1. The summed E-state index contributed by atoms with van der Waals surface area (Å²) >= 11 is 0. The fraction of sp³-hybridized carbons (Fsp3) is 0.286. The fourth-order valence-corrected chi connectivity index (χ4v) is 3.21. The van der Waals surface area contributed by atoms with Gasteiger partial charge in [-0.05, 0) is 31.0 Å². The normalized spacial score (nSPS) is 13.2. The molecule has 1 amide bonds. The average molecular weight is 447 g/mol. The second-order valence-electron chi connectivity index (χ2n) is 7.09. The third-order valence-electron chi connectivity index (χ3n) is 4.78. The second-order valence-corrected chi connectivity index (χ2v) is 7.09. The van der Waals surface area contributed by atoms with Crippen molar-refractivity contribution in [3.63, 3.8) is 0 Å². The minimum Gasteiger partial charge on any atom is -0.496 e. The monoisotopic (exact) mass is 447 g/mol. The molecule has 168 valence electrons. The minimum atomic E-state index is -3.14. The summed E-state index contributed by atoms with van der Waals surface area (Å²) < 4.78 is 43.0. The van der Waals surface area contributed by atoms with Gasteiger partial charge in [0.1, 0.15) is 28.5 Å². The van der Waals surface area contributed by atoms with Crippen LogP contribution in [-0.2, 0) is 4.79 Å². The van der Waals surface area contributed by atoms with E-state index < -0.39 is 25.1 Å². The van der Waals surface area contributed by atoms with Gasteiger partial charge in [-0.15, -0.1) is 0 Å². The maximum absolute atomic E-state index is 13.1. The van der Waals surface area contributed by atoms with E-state index in [0.29, 0.717) is 22.7 Å². The van der Waals surface area contributed by atoms with Crippen molar-refractivity contribution in [3.8, 4) is 28.5 Å². The summed E-state index contributed by atoms with van der Waals surface area (Å²) in [5.41, 5.74) is 1.26.